The molecule has 0 atom stereocenters. The predicted molar refractivity (Wildman–Crippen MR) is 84.8 cm³/mol. The first-order valence-electron chi connectivity index (χ1n) is 7.04. The monoisotopic (exact) mass is 466 g/mol. The largest absolute Gasteiger partial charge is 0.419 e. The maximum atomic E-state index is 12.7. The lowest BCUT2D eigenvalue weighted by atomic mass is 10.1. The van der Waals surface area contributed by atoms with Crippen LogP contribution in [0.4, 0.5) is 26.3 Å². The smallest absolute Gasteiger partial charge is 0.266 e. The van der Waals surface area contributed by atoms with Crippen LogP contribution in [-0.4, -0.2) is 27.4 Å². The Bertz CT molecular complexity index is 760. The Morgan fingerprint density at radius 3 is 2.19 bits per heavy atom. The number of benzene rings is 1. The van der Waals surface area contributed by atoms with Gasteiger partial charge in [0.2, 0.25) is 0 Å². The Morgan fingerprint density at radius 1 is 1.12 bits per heavy atom. The van der Waals surface area contributed by atoms with E-state index in [-0.39, 0.29) is 17.4 Å². The van der Waals surface area contributed by atoms with E-state index < -0.39 is 47.5 Å². The molecule has 0 heterocycles. The highest BCUT2D eigenvalue weighted by Crippen LogP contribution is 2.29. The van der Waals surface area contributed by atoms with E-state index in [4.69, 9.17) is 0 Å². The molecule has 0 N–H and O–H groups in total. The molecular formula is C15H13BrF6O3S. The molecule has 1 aromatic carbocycles. The molecule has 0 aliphatic carbocycles. The van der Waals surface area contributed by atoms with Gasteiger partial charge in [-0.25, -0.2) is 0 Å². The lowest BCUT2D eigenvalue weighted by Gasteiger charge is -2.10. The summed E-state index contributed by atoms with van der Waals surface area (Å²) >= 11 is 3.12. The highest BCUT2D eigenvalue weighted by atomic mass is 79.9. The lowest BCUT2D eigenvalue weighted by molar-refractivity contribution is -0.125. The molecule has 0 bridgehead atoms. The van der Waals surface area contributed by atoms with E-state index >= 15 is 0 Å². The third-order valence-corrected chi connectivity index (χ3v) is 4.72. The van der Waals surface area contributed by atoms with Crippen LogP contribution in [0.1, 0.15) is 19.3 Å². The summed E-state index contributed by atoms with van der Waals surface area (Å²) in [6.07, 6.45) is -11.9. The van der Waals surface area contributed by atoms with Crippen LogP contribution in [0.2, 0.25) is 0 Å². The summed E-state index contributed by atoms with van der Waals surface area (Å²) in [7, 11) is -4.14. The predicted octanol–water partition coefficient (Wildman–Crippen LogP) is 5.53. The molecule has 0 saturated heterocycles. The molecule has 0 radical (unpaired) electrons. The van der Waals surface area contributed by atoms with Crippen molar-refractivity contribution in [1.82, 2.24) is 0 Å². The van der Waals surface area contributed by atoms with Crippen molar-refractivity contribution >= 4 is 26.0 Å². The first-order chi connectivity index (χ1) is 11.8. The van der Waals surface area contributed by atoms with Crippen molar-refractivity contribution in [2.75, 3.05) is 6.61 Å². The molecular weight excluding hydrogens is 454 g/mol. The van der Waals surface area contributed by atoms with Gasteiger partial charge in [-0.1, -0.05) is 15.9 Å². The molecule has 0 aromatic heterocycles. The molecule has 1 rings (SSSR count). The fraction of sp³-hybridized carbons (Fsp3) is 0.400. The molecule has 0 spiro atoms. The molecule has 0 saturated carbocycles. The Labute approximate surface area is 154 Å². The Morgan fingerprint density at radius 2 is 1.69 bits per heavy atom. The Balaban J connectivity index is 2.68. The van der Waals surface area contributed by atoms with Gasteiger partial charge in [-0.05, 0) is 43.2 Å². The van der Waals surface area contributed by atoms with E-state index in [0.29, 0.717) is 4.47 Å². The van der Waals surface area contributed by atoms with Crippen molar-refractivity contribution in [3.8, 4) is 0 Å². The van der Waals surface area contributed by atoms with Gasteiger partial charge in [-0.2, -0.15) is 34.8 Å². The highest BCUT2D eigenvalue weighted by Gasteiger charge is 2.33. The molecule has 0 amide bonds. The number of hydrogen-bond donors (Lipinski definition) is 0. The van der Waals surface area contributed by atoms with E-state index in [1.807, 2.05) is 0 Å². The first-order valence-corrected chi connectivity index (χ1v) is 9.24. The molecule has 0 aliphatic heterocycles. The molecule has 146 valence electrons. The normalized spacial score (nSPS) is 12.6. The SMILES string of the molecule is O=S(=O)(OCCCC(=C=CCC(F)(F)F)C(F)(F)F)c1ccc(Br)cc1. The maximum absolute atomic E-state index is 12.7. The van der Waals surface area contributed by atoms with Gasteiger partial charge in [0, 0.05) is 4.47 Å². The van der Waals surface area contributed by atoms with E-state index in [1.165, 1.54) is 24.3 Å². The van der Waals surface area contributed by atoms with Gasteiger partial charge in [0.05, 0.1) is 23.5 Å². The summed E-state index contributed by atoms with van der Waals surface area (Å²) in [5, 5.41) is 0. The molecule has 1 aromatic rings. The molecule has 0 fully saturated rings. The zero-order chi connectivity index (χ0) is 20.0. The lowest BCUT2D eigenvalue weighted by Crippen LogP contribution is -2.13. The standard InChI is InChI=1S/C15H13BrF6O3S/c16-12-5-7-13(8-6-12)26(23,24)25-10-2-4-11(15(20,21)22)3-1-9-14(17,18)19/h1,5-8H,2,4,9-10H2. The average Bonchev–Trinajstić information content (AvgIpc) is 2.47. The van der Waals surface area contributed by atoms with Crippen molar-refractivity contribution in [3.05, 3.63) is 46.1 Å². The third-order valence-electron chi connectivity index (χ3n) is 2.86. The number of rotatable bonds is 7. The molecule has 3 nitrogen and oxygen atoms in total. The van der Waals surface area contributed by atoms with Crippen molar-refractivity contribution < 1.29 is 38.9 Å². The minimum Gasteiger partial charge on any atom is -0.266 e. The van der Waals surface area contributed by atoms with Crippen molar-refractivity contribution in [2.45, 2.75) is 36.5 Å². The van der Waals surface area contributed by atoms with Gasteiger partial charge < -0.3 is 0 Å². The van der Waals surface area contributed by atoms with E-state index in [0.717, 1.165) is 0 Å². The Hall–Kier alpha value is -1.29. The quantitative estimate of drug-likeness (QED) is 0.229. The van der Waals surface area contributed by atoms with Gasteiger partial charge in [0.1, 0.15) is 0 Å². The minimum absolute atomic E-state index is 0.169. The first kappa shape index (κ1) is 22.8. The summed E-state index contributed by atoms with van der Waals surface area (Å²) in [6.45, 7) is -0.557. The summed E-state index contributed by atoms with van der Waals surface area (Å²) in [6, 6.07) is 5.40. The number of halogens is 7. The van der Waals surface area contributed by atoms with E-state index in [1.54, 1.807) is 5.73 Å². The van der Waals surface area contributed by atoms with Crippen molar-refractivity contribution in [1.29, 1.82) is 0 Å². The number of hydrogen-bond acceptors (Lipinski definition) is 3. The van der Waals surface area contributed by atoms with E-state index in [2.05, 4.69) is 20.1 Å². The van der Waals surface area contributed by atoms with Crippen LogP contribution in [0, 0.1) is 0 Å². The van der Waals surface area contributed by atoms with Gasteiger partial charge in [-0.3, -0.25) is 4.18 Å². The van der Waals surface area contributed by atoms with Crippen LogP contribution in [0.5, 0.6) is 0 Å². The zero-order valence-electron chi connectivity index (χ0n) is 13.0. The zero-order valence-corrected chi connectivity index (χ0v) is 15.4. The maximum Gasteiger partial charge on any atom is 0.419 e. The second kappa shape index (κ2) is 9.07. The molecule has 0 aliphatic rings. The fourth-order valence-corrected chi connectivity index (χ4v) is 2.88. The Kier molecular flexibility index (Phi) is 7.94. The number of allylic oxidation sites excluding steroid dienone is 1. The fourth-order valence-electron chi connectivity index (χ4n) is 1.67. The van der Waals surface area contributed by atoms with Crippen molar-refractivity contribution in [3.63, 3.8) is 0 Å². The summed E-state index contributed by atoms with van der Waals surface area (Å²) < 4.78 is 103. The second-order valence-corrected chi connectivity index (χ2v) is 7.51. The average molecular weight is 467 g/mol. The molecule has 26 heavy (non-hydrogen) atoms. The van der Waals surface area contributed by atoms with Crippen LogP contribution in [-0.2, 0) is 14.3 Å². The molecule has 0 unspecified atom stereocenters. The van der Waals surface area contributed by atoms with Crippen LogP contribution in [0.3, 0.4) is 0 Å². The third kappa shape index (κ3) is 8.39. The van der Waals surface area contributed by atoms with Crippen molar-refractivity contribution in [2.24, 2.45) is 0 Å². The summed E-state index contributed by atoms with van der Waals surface area (Å²) in [5.74, 6) is 0. The number of alkyl halides is 6. The van der Waals surface area contributed by atoms with Crippen LogP contribution >= 0.6 is 15.9 Å². The minimum atomic E-state index is -4.87. The van der Waals surface area contributed by atoms with Gasteiger partial charge in [0.25, 0.3) is 10.1 Å². The van der Waals surface area contributed by atoms with Crippen LogP contribution < -0.4 is 0 Å². The van der Waals surface area contributed by atoms with Gasteiger partial charge in [-0.15, -0.1) is 5.73 Å². The topological polar surface area (TPSA) is 43.4 Å². The van der Waals surface area contributed by atoms with Gasteiger partial charge in [0.15, 0.2) is 0 Å². The summed E-state index contributed by atoms with van der Waals surface area (Å²) in [4.78, 5) is -0.169. The van der Waals surface area contributed by atoms with E-state index in [9.17, 15) is 34.8 Å². The van der Waals surface area contributed by atoms with Gasteiger partial charge >= 0.3 is 12.4 Å². The van der Waals surface area contributed by atoms with Crippen LogP contribution in [0.15, 0.2) is 51.0 Å². The highest BCUT2D eigenvalue weighted by molar-refractivity contribution is 9.10. The molecule has 11 heteroatoms. The summed E-state index contributed by atoms with van der Waals surface area (Å²) in [5.41, 5.74) is 0.275. The van der Waals surface area contributed by atoms with Crippen LogP contribution in [0.25, 0.3) is 0 Å². The second-order valence-electron chi connectivity index (χ2n) is 4.98.